The third-order valence-electron chi connectivity index (χ3n) is 1.87. The first kappa shape index (κ1) is 11.3. The molecule has 0 aliphatic rings. The Morgan fingerprint density at radius 1 is 1.53 bits per heavy atom. The molecular weight excluding hydrogens is 196 g/mol. The second kappa shape index (κ2) is 5.21. The lowest BCUT2D eigenvalue weighted by molar-refractivity contribution is 0.201. The van der Waals surface area contributed by atoms with Crippen LogP contribution < -0.4 is 10.5 Å². The molecule has 82 valence electrons. The van der Waals surface area contributed by atoms with Crippen LogP contribution in [0.25, 0.3) is 0 Å². The molecule has 0 saturated carbocycles. The largest absolute Gasteiger partial charge is 0.490 e. The smallest absolute Gasteiger partial charge is 0.173 e. The maximum absolute atomic E-state index is 8.63. The van der Waals surface area contributed by atoms with Crippen molar-refractivity contribution < 1.29 is 15.1 Å². The minimum atomic E-state index is -0.0799. The molecular formula is C10H14N2O3. The molecule has 0 saturated heterocycles. The number of hydrogen-bond donors (Lipinski definition) is 3. The molecule has 0 aliphatic carbocycles. The van der Waals surface area contributed by atoms with Crippen LogP contribution >= 0.6 is 0 Å². The number of hydrogen-bond acceptors (Lipinski definition) is 4. The van der Waals surface area contributed by atoms with Gasteiger partial charge in [0.15, 0.2) is 5.84 Å². The van der Waals surface area contributed by atoms with Crippen LogP contribution in [0.2, 0.25) is 0 Å². The molecule has 1 aromatic rings. The average molecular weight is 210 g/mol. The minimum Gasteiger partial charge on any atom is -0.490 e. The molecule has 5 nitrogen and oxygen atoms in total. The highest BCUT2D eigenvalue weighted by atomic mass is 16.5. The van der Waals surface area contributed by atoms with Gasteiger partial charge in [-0.2, -0.15) is 0 Å². The van der Waals surface area contributed by atoms with Crippen LogP contribution in [-0.4, -0.2) is 29.4 Å². The van der Waals surface area contributed by atoms with Gasteiger partial charge in [0.05, 0.1) is 12.2 Å². The molecule has 15 heavy (non-hydrogen) atoms. The number of nitrogens with zero attached hydrogens (tertiary/aromatic N) is 1. The highest BCUT2D eigenvalue weighted by molar-refractivity contribution is 5.99. The summed E-state index contributed by atoms with van der Waals surface area (Å²) in [5.41, 5.74) is 6.99. The average Bonchev–Trinajstić information content (AvgIpc) is 2.26. The van der Waals surface area contributed by atoms with Crippen LogP contribution in [0.3, 0.4) is 0 Å². The van der Waals surface area contributed by atoms with E-state index in [1.54, 1.807) is 12.1 Å². The highest BCUT2D eigenvalue weighted by Gasteiger charge is 2.08. The lowest BCUT2D eigenvalue weighted by Crippen LogP contribution is -2.16. The molecule has 0 unspecified atom stereocenters. The van der Waals surface area contributed by atoms with Crippen LogP contribution in [0, 0.1) is 6.92 Å². The summed E-state index contributed by atoms with van der Waals surface area (Å²) in [6, 6.07) is 5.32. The Balaban J connectivity index is 3.03. The molecule has 0 spiro atoms. The van der Waals surface area contributed by atoms with Gasteiger partial charge in [0.25, 0.3) is 0 Å². The molecule has 1 aromatic carbocycles. The number of nitrogens with two attached hydrogens (primary N) is 1. The van der Waals surface area contributed by atoms with Gasteiger partial charge in [-0.15, -0.1) is 0 Å². The summed E-state index contributed by atoms with van der Waals surface area (Å²) in [4.78, 5) is 0. The van der Waals surface area contributed by atoms with Crippen molar-refractivity contribution in [1.82, 2.24) is 0 Å². The van der Waals surface area contributed by atoms with Crippen molar-refractivity contribution in [2.45, 2.75) is 6.92 Å². The fourth-order valence-electron chi connectivity index (χ4n) is 1.18. The molecule has 5 heteroatoms. The first-order valence-electron chi connectivity index (χ1n) is 4.51. The van der Waals surface area contributed by atoms with Crippen molar-refractivity contribution in [2.75, 3.05) is 13.2 Å². The Labute approximate surface area is 87.8 Å². The van der Waals surface area contributed by atoms with E-state index in [4.69, 9.17) is 20.8 Å². The standard InChI is InChI=1S/C10H14N2O3/c1-7-2-3-9(15-5-4-13)8(6-7)10(11)12-14/h2-3,6,13-14H,4-5H2,1H3,(H2,11,12). The van der Waals surface area contributed by atoms with Crippen molar-refractivity contribution in [3.05, 3.63) is 29.3 Å². The molecule has 0 bridgehead atoms. The third kappa shape index (κ3) is 2.85. The molecule has 1 rings (SSSR count). The Morgan fingerprint density at radius 3 is 2.87 bits per heavy atom. The van der Waals surface area contributed by atoms with E-state index in [2.05, 4.69) is 5.16 Å². The molecule has 0 fully saturated rings. The maximum Gasteiger partial charge on any atom is 0.173 e. The van der Waals surface area contributed by atoms with Gasteiger partial charge in [-0.1, -0.05) is 16.8 Å². The molecule has 0 atom stereocenters. The van der Waals surface area contributed by atoms with E-state index in [9.17, 15) is 0 Å². The number of rotatable bonds is 4. The van der Waals surface area contributed by atoms with Gasteiger partial charge in [0.2, 0.25) is 0 Å². The predicted molar refractivity (Wildman–Crippen MR) is 56.3 cm³/mol. The Morgan fingerprint density at radius 2 is 2.27 bits per heavy atom. The number of ether oxygens (including phenoxy) is 1. The molecule has 0 amide bonds. The van der Waals surface area contributed by atoms with E-state index >= 15 is 0 Å². The fourth-order valence-corrected chi connectivity index (χ4v) is 1.18. The predicted octanol–water partition coefficient (Wildman–Crippen LogP) is 0.461. The van der Waals surface area contributed by atoms with Crippen LogP contribution in [0.4, 0.5) is 0 Å². The summed E-state index contributed by atoms with van der Waals surface area (Å²) in [5, 5.41) is 20.1. The van der Waals surface area contributed by atoms with Crippen molar-refractivity contribution >= 4 is 5.84 Å². The van der Waals surface area contributed by atoms with Crippen molar-refractivity contribution in [3.8, 4) is 5.75 Å². The summed E-state index contributed by atoms with van der Waals surface area (Å²) in [7, 11) is 0. The number of benzene rings is 1. The Kier molecular flexibility index (Phi) is 3.93. The fraction of sp³-hybridized carbons (Fsp3) is 0.300. The molecule has 4 N–H and O–H groups in total. The van der Waals surface area contributed by atoms with Gasteiger partial charge in [0.1, 0.15) is 12.4 Å². The zero-order chi connectivity index (χ0) is 11.3. The SMILES string of the molecule is Cc1ccc(OCCO)c(/C(N)=N/O)c1. The normalized spacial score (nSPS) is 11.5. The molecule has 0 radical (unpaired) electrons. The zero-order valence-electron chi connectivity index (χ0n) is 8.47. The number of aryl methyl sites for hydroxylation is 1. The van der Waals surface area contributed by atoms with Crippen LogP contribution in [-0.2, 0) is 0 Å². The van der Waals surface area contributed by atoms with Gasteiger partial charge in [-0.25, -0.2) is 0 Å². The number of aliphatic hydroxyl groups is 1. The quantitative estimate of drug-likeness (QED) is 0.291. The summed E-state index contributed by atoms with van der Waals surface area (Å²) >= 11 is 0. The van der Waals surface area contributed by atoms with Crippen molar-refractivity contribution in [3.63, 3.8) is 0 Å². The van der Waals surface area contributed by atoms with Crippen LogP contribution in [0.15, 0.2) is 23.4 Å². The minimum absolute atomic E-state index is 0.00774. The first-order valence-corrected chi connectivity index (χ1v) is 4.51. The lowest BCUT2D eigenvalue weighted by Gasteiger charge is -2.10. The van der Waals surface area contributed by atoms with E-state index < -0.39 is 0 Å². The maximum atomic E-state index is 8.63. The van der Waals surface area contributed by atoms with Crippen molar-refractivity contribution in [2.24, 2.45) is 10.9 Å². The summed E-state index contributed by atoms with van der Waals surface area (Å²) in [6.07, 6.45) is 0. The van der Waals surface area contributed by atoms with Gasteiger partial charge in [-0.05, 0) is 19.1 Å². The third-order valence-corrected chi connectivity index (χ3v) is 1.87. The number of oxime groups is 1. The second-order valence-electron chi connectivity index (χ2n) is 3.06. The summed E-state index contributed by atoms with van der Waals surface area (Å²) in [5.74, 6) is 0.483. The van der Waals surface area contributed by atoms with Gasteiger partial charge < -0.3 is 20.8 Å². The number of amidine groups is 1. The monoisotopic (exact) mass is 210 g/mol. The Hall–Kier alpha value is -1.75. The number of aliphatic hydroxyl groups excluding tert-OH is 1. The topological polar surface area (TPSA) is 88.1 Å². The second-order valence-corrected chi connectivity index (χ2v) is 3.06. The first-order chi connectivity index (χ1) is 7.19. The van der Waals surface area contributed by atoms with E-state index in [0.717, 1.165) is 5.56 Å². The summed E-state index contributed by atoms with van der Waals surface area (Å²) < 4.78 is 5.24. The Bertz CT molecular complexity index is 364. The van der Waals surface area contributed by atoms with Gasteiger partial charge >= 0.3 is 0 Å². The van der Waals surface area contributed by atoms with Crippen LogP contribution in [0.5, 0.6) is 5.75 Å². The van der Waals surface area contributed by atoms with Gasteiger partial charge in [0, 0.05) is 0 Å². The van der Waals surface area contributed by atoms with Crippen LogP contribution in [0.1, 0.15) is 11.1 Å². The summed E-state index contributed by atoms with van der Waals surface area (Å²) in [6.45, 7) is 1.99. The highest BCUT2D eigenvalue weighted by Crippen LogP contribution is 2.19. The zero-order valence-corrected chi connectivity index (χ0v) is 8.47. The van der Waals surface area contributed by atoms with Gasteiger partial charge in [-0.3, -0.25) is 0 Å². The van der Waals surface area contributed by atoms with E-state index in [1.807, 2.05) is 13.0 Å². The van der Waals surface area contributed by atoms with E-state index in [1.165, 1.54) is 0 Å². The molecule has 0 aliphatic heterocycles. The van der Waals surface area contributed by atoms with E-state index in [-0.39, 0.29) is 19.0 Å². The van der Waals surface area contributed by atoms with Crippen molar-refractivity contribution in [1.29, 1.82) is 0 Å². The lowest BCUT2D eigenvalue weighted by atomic mass is 10.1. The van der Waals surface area contributed by atoms with E-state index in [0.29, 0.717) is 11.3 Å². The molecule has 0 aromatic heterocycles. The molecule has 0 heterocycles.